The van der Waals surface area contributed by atoms with Gasteiger partial charge in [-0.3, -0.25) is 0 Å². The van der Waals surface area contributed by atoms with Crippen molar-refractivity contribution in [1.29, 1.82) is 0 Å². The van der Waals surface area contributed by atoms with Gasteiger partial charge < -0.3 is 14.2 Å². The van der Waals surface area contributed by atoms with E-state index in [4.69, 9.17) is 37.4 Å². The van der Waals surface area contributed by atoms with Crippen LogP contribution >= 0.6 is 23.2 Å². The van der Waals surface area contributed by atoms with E-state index in [1.165, 1.54) is 19.3 Å². The molecule has 2 aromatic carbocycles. The number of benzene rings is 2. The van der Waals surface area contributed by atoms with Gasteiger partial charge >= 0.3 is 5.97 Å². The van der Waals surface area contributed by atoms with Crippen LogP contribution in [0.1, 0.15) is 5.56 Å². The molecule has 0 aromatic heterocycles. The van der Waals surface area contributed by atoms with Crippen molar-refractivity contribution in [1.82, 2.24) is 0 Å². The van der Waals surface area contributed by atoms with Crippen molar-refractivity contribution in [3.8, 4) is 17.2 Å². The van der Waals surface area contributed by atoms with E-state index in [1.807, 2.05) is 0 Å². The summed E-state index contributed by atoms with van der Waals surface area (Å²) in [5.41, 5.74) is 0.681. The molecule has 0 amide bonds. The van der Waals surface area contributed by atoms with Crippen LogP contribution in [0.4, 0.5) is 0 Å². The molecule has 0 saturated carbocycles. The quantitative estimate of drug-likeness (QED) is 0.447. The second kappa shape index (κ2) is 7.90. The molecule has 0 aliphatic carbocycles. The zero-order valence-electron chi connectivity index (χ0n) is 12.5. The molecule has 4 nitrogen and oxygen atoms in total. The fourth-order valence-electron chi connectivity index (χ4n) is 1.90. The lowest BCUT2D eigenvalue weighted by Crippen LogP contribution is -2.04. The first-order valence-corrected chi connectivity index (χ1v) is 7.36. The van der Waals surface area contributed by atoms with Gasteiger partial charge in [-0.1, -0.05) is 35.3 Å². The molecule has 6 heteroatoms. The standard InChI is InChI=1S/C17H14Cl2O4/c1-21-14-5-3-4-11(17(14)22-2)6-9-16(20)23-15-10-12(18)7-8-13(15)19/h3-10H,1-2H3/b9-6+. The fourth-order valence-corrected chi connectivity index (χ4v) is 2.22. The number of halogens is 2. The maximum absolute atomic E-state index is 11.9. The minimum absolute atomic E-state index is 0.200. The van der Waals surface area contributed by atoms with Gasteiger partial charge in [0, 0.05) is 22.7 Å². The largest absolute Gasteiger partial charge is 0.493 e. The molecule has 0 saturated heterocycles. The summed E-state index contributed by atoms with van der Waals surface area (Å²) in [6.07, 6.45) is 2.84. The molecule has 0 heterocycles. The summed E-state index contributed by atoms with van der Waals surface area (Å²) in [5.74, 6) is 0.714. The molecule has 0 aliphatic heterocycles. The van der Waals surface area contributed by atoms with Gasteiger partial charge in [-0.15, -0.1) is 0 Å². The van der Waals surface area contributed by atoms with Gasteiger partial charge in [-0.2, -0.15) is 0 Å². The SMILES string of the molecule is COc1cccc(/C=C/C(=O)Oc2cc(Cl)ccc2Cl)c1OC. The van der Waals surface area contributed by atoms with Crippen molar-refractivity contribution in [2.24, 2.45) is 0 Å². The van der Waals surface area contributed by atoms with Gasteiger partial charge in [-0.05, 0) is 24.3 Å². The lowest BCUT2D eigenvalue weighted by Gasteiger charge is -2.09. The van der Waals surface area contributed by atoms with E-state index in [2.05, 4.69) is 0 Å². The zero-order chi connectivity index (χ0) is 16.8. The second-order valence-electron chi connectivity index (χ2n) is 4.41. The smallest absolute Gasteiger partial charge is 0.336 e. The Morgan fingerprint density at radius 2 is 1.83 bits per heavy atom. The van der Waals surface area contributed by atoms with Gasteiger partial charge in [0.1, 0.15) is 0 Å². The van der Waals surface area contributed by atoms with Crippen LogP contribution < -0.4 is 14.2 Å². The predicted molar refractivity (Wildman–Crippen MR) is 90.7 cm³/mol. The van der Waals surface area contributed by atoms with Gasteiger partial charge in [0.15, 0.2) is 17.2 Å². The highest BCUT2D eigenvalue weighted by Gasteiger charge is 2.09. The van der Waals surface area contributed by atoms with E-state index in [1.54, 1.807) is 43.5 Å². The van der Waals surface area contributed by atoms with E-state index < -0.39 is 5.97 Å². The number of hydrogen-bond acceptors (Lipinski definition) is 4. The maximum atomic E-state index is 11.9. The summed E-state index contributed by atoms with van der Waals surface area (Å²) in [5, 5.41) is 0.728. The number of para-hydroxylation sites is 1. The predicted octanol–water partition coefficient (Wildman–Crippen LogP) is 4.63. The highest BCUT2D eigenvalue weighted by molar-refractivity contribution is 6.34. The molecular formula is C17H14Cl2O4. The molecule has 0 atom stereocenters. The van der Waals surface area contributed by atoms with Crippen molar-refractivity contribution in [2.45, 2.75) is 0 Å². The molecule has 0 unspecified atom stereocenters. The van der Waals surface area contributed by atoms with Crippen molar-refractivity contribution < 1.29 is 19.0 Å². The number of hydrogen-bond donors (Lipinski definition) is 0. The molecule has 2 aromatic rings. The maximum Gasteiger partial charge on any atom is 0.336 e. The van der Waals surface area contributed by atoms with Crippen LogP contribution in [0.15, 0.2) is 42.5 Å². The Labute approximate surface area is 144 Å². The minimum atomic E-state index is -0.584. The Hall–Kier alpha value is -2.17. The molecule has 0 fully saturated rings. The van der Waals surface area contributed by atoms with E-state index >= 15 is 0 Å². The van der Waals surface area contributed by atoms with Crippen LogP contribution in [0.2, 0.25) is 10.0 Å². The van der Waals surface area contributed by atoms with Crippen molar-refractivity contribution >= 4 is 35.2 Å². The number of esters is 1. The Balaban J connectivity index is 2.17. The molecule has 0 radical (unpaired) electrons. The molecule has 0 aliphatic rings. The van der Waals surface area contributed by atoms with Gasteiger partial charge in [-0.25, -0.2) is 4.79 Å². The first-order chi connectivity index (χ1) is 11.0. The van der Waals surface area contributed by atoms with Crippen LogP contribution in [-0.4, -0.2) is 20.2 Å². The topological polar surface area (TPSA) is 44.8 Å². The van der Waals surface area contributed by atoms with E-state index in [-0.39, 0.29) is 5.75 Å². The number of rotatable bonds is 5. The number of carbonyl (C=O) groups excluding carboxylic acids is 1. The number of methoxy groups -OCH3 is 2. The van der Waals surface area contributed by atoms with E-state index in [9.17, 15) is 4.79 Å². The second-order valence-corrected chi connectivity index (χ2v) is 5.26. The molecule has 0 bridgehead atoms. The third-order valence-electron chi connectivity index (χ3n) is 2.94. The summed E-state index contributed by atoms with van der Waals surface area (Å²) >= 11 is 11.8. The van der Waals surface area contributed by atoms with Crippen LogP contribution in [0.5, 0.6) is 17.2 Å². The monoisotopic (exact) mass is 352 g/mol. The Morgan fingerprint density at radius 1 is 1.04 bits per heavy atom. The summed E-state index contributed by atoms with van der Waals surface area (Å²) in [7, 11) is 3.07. The average Bonchev–Trinajstić information content (AvgIpc) is 2.55. The highest BCUT2D eigenvalue weighted by Crippen LogP contribution is 2.32. The molecule has 23 heavy (non-hydrogen) atoms. The van der Waals surface area contributed by atoms with Crippen LogP contribution in [-0.2, 0) is 4.79 Å². The summed E-state index contributed by atoms with van der Waals surface area (Å²) in [4.78, 5) is 11.9. The summed E-state index contributed by atoms with van der Waals surface area (Å²) in [6, 6.07) is 9.99. The van der Waals surface area contributed by atoms with Gasteiger partial charge in [0.05, 0.1) is 19.2 Å². The summed E-state index contributed by atoms with van der Waals surface area (Å²) in [6.45, 7) is 0. The van der Waals surface area contributed by atoms with Crippen LogP contribution in [0, 0.1) is 0 Å². The fraction of sp³-hybridized carbons (Fsp3) is 0.118. The Kier molecular flexibility index (Phi) is 5.90. The van der Waals surface area contributed by atoms with Crippen LogP contribution in [0.25, 0.3) is 6.08 Å². The van der Waals surface area contributed by atoms with Crippen molar-refractivity contribution in [3.63, 3.8) is 0 Å². The Morgan fingerprint density at radius 3 is 2.52 bits per heavy atom. The van der Waals surface area contributed by atoms with Crippen molar-refractivity contribution in [2.75, 3.05) is 14.2 Å². The first-order valence-electron chi connectivity index (χ1n) is 6.61. The van der Waals surface area contributed by atoms with E-state index in [0.29, 0.717) is 27.1 Å². The average molecular weight is 353 g/mol. The van der Waals surface area contributed by atoms with Crippen molar-refractivity contribution in [3.05, 3.63) is 58.1 Å². The Bertz CT molecular complexity index is 741. The molecule has 120 valence electrons. The lowest BCUT2D eigenvalue weighted by molar-refractivity contribution is -0.128. The van der Waals surface area contributed by atoms with Crippen LogP contribution in [0.3, 0.4) is 0 Å². The normalized spacial score (nSPS) is 10.6. The molecular weight excluding hydrogens is 339 g/mol. The zero-order valence-corrected chi connectivity index (χ0v) is 14.0. The third kappa shape index (κ3) is 4.41. The minimum Gasteiger partial charge on any atom is -0.493 e. The third-order valence-corrected chi connectivity index (χ3v) is 3.48. The summed E-state index contributed by atoms with van der Waals surface area (Å²) < 4.78 is 15.7. The van der Waals surface area contributed by atoms with Gasteiger partial charge in [0.2, 0.25) is 0 Å². The van der Waals surface area contributed by atoms with E-state index in [0.717, 1.165) is 0 Å². The molecule has 2 rings (SSSR count). The first kappa shape index (κ1) is 17.2. The molecule has 0 N–H and O–H groups in total. The number of ether oxygens (including phenoxy) is 3. The lowest BCUT2D eigenvalue weighted by atomic mass is 10.1. The van der Waals surface area contributed by atoms with Gasteiger partial charge in [0.25, 0.3) is 0 Å². The molecule has 0 spiro atoms. The number of carbonyl (C=O) groups is 1. The highest BCUT2D eigenvalue weighted by atomic mass is 35.5.